The Kier molecular flexibility index (Phi) is 6.05. The molecule has 0 amide bonds. The van der Waals surface area contributed by atoms with Crippen LogP contribution in [0.4, 0.5) is 0 Å². The van der Waals surface area contributed by atoms with Crippen LogP contribution in [0.15, 0.2) is 65.8 Å². The van der Waals surface area contributed by atoms with Gasteiger partial charge in [-0.3, -0.25) is 0 Å². The molecule has 0 atom stereocenters. The zero-order valence-corrected chi connectivity index (χ0v) is 16.8. The third-order valence-electron chi connectivity index (χ3n) is 5.50. The van der Waals surface area contributed by atoms with Gasteiger partial charge >= 0.3 is 0 Å². The molecule has 0 unspecified atom stereocenters. The lowest BCUT2D eigenvalue weighted by molar-refractivity contribution is 0.182. The van der Waals surface area contributed by atoms with Crippen LogP contribution in [-0.2, 0) is 6.54 Å². The van der Waals surface area contributed by atoms with Crippen LogP contribution in [0.25, 0.3) is 10.8 Å². The van der Waals surface area contributed by atoms with Gasteiger partial charge in [0.1, 0.15) is 5.75 Å². The van der Waals surface area contributed by atoms with Crippen LogP contribution in [0.2, 0.25) is 0 Å². The van der Waals surface area contributed by atoms with Gasteiger partial charge in [0, 0.05) is 36.1 Å². The van der Waals surface area contributed by atoms with E-state index in [1.165, 1.54) is 48.1 Å². The van der Waals surface area contributed by atoms with Gasteiger partial charge in [-0.1, -0.05) is 30.3 Å². The second kappa shape index (κ2) is 8.85. The zero-order chi connectivity index (χ0) is 18.5. The largest absolute Gasteiger partial charge is 0.497 e. The zero-order valence-electron chi connectivity index (χ0n) is 16.0. The summed E-state index contributed by atoms with van der Waals surface area (Å²) in [6.07, 6.45) is 7.20. The molecular formula is C23H28N2OS. The molecule has 0 radical (unpaired) electrons. The monoisotopic (exact) mass is 380 g/mol. The fourth-order valence-electron chi connectivity index (χ4n) is 3.92. The molecule has 2 heterocycles. The molecule has 0 N–H and O–H groups in total. The van der Waals surface area contributed by atoms with Gasteiger partial charge in [0.05, 0.1) is 7.11 Å². The minimum absolute atomic E-state index is 0.800. The number of benzene rings is 2. The number of thioether (sulfide) groups is 1. The summed E-state index contributed by atoms with van der Waals surface area (Å²) in [5.74, 6) is 2.88. The number of rotatable bonds is 7. The lowest BCUT2D eigenvalue weighted by Gasteiger charge is -2.32. The van der Waals surface area contributed by atoms with E-state index in [0.717, 1.165) is 24.0 Å². The topological polar surface area (TPSA) is 17.4 Å². The molecule has 142 valence electrons. The average molecular weight is 381 g/mol. The van der Waals surface area contributed by atoms with Gasteiger partial charge in [-0.25, -0.2) is 0 Å². The number of ether oxygens (including phenoxy) is 1. The Balaban J connectivity index is 1.20. The van der Waals surface area contributed by atoms with Crippen molar-refractivity contribution in [2.45, 2.75) is 24.3 Å². The van der Waals surface area contributed by atoms with Crippen molar-refractivity contribution in [2.24, 2.45) is 5.92 Å². The summed E-state index contributed by atoms with van der Waals surface area (Å²) in [5, 5.41) is 2.70. The number of likely N-dealkylation sites (tertiary alicyclic amines) is 1. The highest BCUT2D eigenvalue weighted by Crippen LogP contribution is 2.25. The maximum Gasteiger partial charge on any atom is 0.119 e. The standard InChI is InChI=1S/C23H28N2OS/c1-26-22-7-4-8-23(15-22)27-14-13-24-11-9-19(10-12-24)16-25-17-20-5-2-3-6-21(20)18-25/h2-8,15,17-19H,9-14,16H2,1H3. The van der Waals surface area contributed by atoms with E-state index in [4.69, 9.17) is 4.74 Å². The van der Waals surface area contributed by atoms with Crippen molar-refractivity contribution in [3.63, 3.8) is 0 Å². The smallest absolute Gasteiger partial charge is 0.119 e. The van der Waals surface area contributed by atoms with E-state index >= 15 is 0 Å². The Morgan fingerprint density at radius 3 is 2.44 bits per heavy atom. The van der Waals surface area contributed by atoms with Crippen LogP contribution in [0.1, 0.15) is 12.8 Å². The number of nitrogens with zero attached hydrogens (tertiary/aromatic N) is 2. The first-order valence-electron chi connectivity index (χ1n) is 9.84. The van der Waals surface area contributed by atoms with Crippen LogP contribution in [-0.4, -0.2) is 42.0 Å². The third kappa shape index (κ3) is 4.88. The molecule has 2 aromatic carbocycles. The molecule has 1 aliphatic heterocycles. The Morgan fingerprint density at radius 2 is 1.74 bits per heavy atom. The predicted molar refractivity (Wildman–Crippen MR) is 115 cm³/mol. The third-order valence-corrected chi connectivity index (χ3v) is 6.47. The first kappa shape index (κ1) is 18.5. The van der Waals surface area contributed by atoms with Crippen molar-refractivity contribution in [3.05, 3.63) is 60.9 Å². The second-order valence-corrected chi connectivity index (χ2v) is 8.56. The van der Waals surface area contributed by atoms with Gasteiger partial charge in [-0.05, 0) is 60.8 Å². The van der Waals surface area contributed by atoms with E-state index in [1.807, 2.05) is 17.8 Å². The summed E-state index contributed by atoms with van der Waals surface area (Å²) in [7, 11) is 1.73. The minimum Gasteiger partial charge on any atom is -0.497 e. The first-order chi connectivity index (χ1) is 13.3. The number of methoxy groups -OCH3 is 1. The molecule has 4 heteroatoms. The van der Waals surface area contributed by atoms with Crippen molar-refractivity contribution >= 4 is 22.5 Å². The molecule has 1 saturated heterocycles. The summed E-state index contributed by atoms with van der Waals surface area (Å²) in [4.78, 5) is 3.92. The van der Waals surface area contributed by atoms with E-state index in [1.54, 1.807) is 7.11 Å². The Bertz CT molecular complexity index is 834. The van der Waals surface area contributed by atoms with Crippen LogP contribution in [0.3, 0.4) is 0 Å². The lowest BCUT2D eigenvalue weighted by Crippen LogP contribution is -2.36. The molecule has 1 aliphatic rings. The average Bonchev–Trinajstić information content (AvgIpc) is 3.12. The van der Waals surface area contributed by atoms with E-state index in [-0.39, 0.29) is 0 Å². The van der Waals surface area contributed by atoms with Gasteiger partial charge in [0.25, 0.3) is 0 Å². The van der Waals surface area contributed by atoms with Gasteiger partial charge < -0.3 is 14.2 Å². The molecule has 3 aromatic rings. The SMILES string of the molecule is COc1cccc(SCCN2CCC(Cn3cc4ccccc4c3)CC2)c1. The number of fused-ring (bicyclic) bond motifs is 1. The molecule has 27 heavy (non-hydrogen) atoms. The molecule has 0 bridgehead atoms. The number of aromatic nitrogens is 1. The molecule has 0 spiro atoms. The maximum atomic E-state index is 5.31. The Labute approximate surface area is 166 Å². The van der Waals surface area contributed by atoms with Crippen molar-refractivity contribution in [1.29, 1.82) is 0 Å². The molecule has 3 nitrogen and oxygen atoms in total. The summed E-state index contributed by atoms with van der Waals surface area (Å²) in [6.45, 7) is 4.78. The molecule has 1 aromatic heterocycles. The van der Waals surface area contributed by atoms with E-state index in [9.17, 15) is 0 Å². The van der Waals surface area contributed by atoms with Crippen molar-refractivity contribution < 1.29 is 4.74 Å². The van der Waals surface area contributed by atoms with E-state index in [2.05, 4.69) is 64.3 Å². The van der Waals surface area contributed by atoms with Crippen molar-refractivity contribution in [1.82, 2.24) is 9.47 Å². The maximum absolute atomic E-state index is 5.31. The fraction of sp³-hybridized carbons (Fsp3) is 0.391. The van der Waals surface area contributed by atoms with Crippen molar-refractivity contribution in [3.8, 4) is 5.75 Å². The predicted octanol–water partition coefficient (Wildman–Crippen LogP) is 5.15. The summed E-state index contributed by atoms with van der Waals surface area (Å²) < 4.78 is 7.70. The number of hydrogen-bond acceptors (Lipinski definition) is 3. The van der Waals surface area contributed by atoms with E-state index < -0.39 is 0 Å². The molecular weight excluding hydrogens is 352 g/mol. The normalized spacial score (nSPS) is 16.0. The summed E-state index contributed by atoms with van der Waals surface area (Å²) >= 11 is 1.92. The summed E-state index contributed by atoms with van der Waals surface area (Å²) in [6, 6.07) is 17.0. The first-order valence-corrected chi connectivity index (χ1v) is 10.8. The number of piperidine rings is 1. The van der Waals surface area contributed by atoms with Crippen LogP contribution in [0.5, 0.6) is 5.75 Å². The van der Waals surface area contributed by atoms with Crippen LogP contribution < -0.4 is 4.74 Å². The van der Waals surface area contributed by atoms with Crippen LogP contribution >= 0.6 is 11.8 Å². The van der Waals surface area contributed by atoms with Crippen LogP contribution in [0, 0.1) is 5.92 Å². The van der Waals surface area contributed by atoms with Gasteiger partial charge in [0.2, 0.25) is 0 Å². The van der Waals surface area contributed by atoms with Gasteiger partial charge in [0.15, 0.2) is 0 Å². The second-order valence-electron chi connectivity index (χ2n) is 7.40. The molecule has 4 rings (SSSR count). The Morgan fingerprint density at radius 1 is 1.00 bits per heavy atom. The molecule has 0 aliphatic carbocycles. The van der Waals surface area contributed by atoms with Gasteiger partial charge in [-0.2, -0.15) is 0 Å². The molecule has 0 saturated carbocycles. The summed E-state index contributed by atoms with van der Waals surface area (Å²) in [5.41, 5.74) is 0. The quantitative estimate of drug-likeness (QED) is 0.528. The van der Waals surface area contributed by atoms with Gasteiger partial charge in [-0.15, -0.1) is 11.8 Å². The van der Waals surface area contributed by atoms with Crippen molar-refractivity contribution in [2.75, 3.05) is 32.5 Å². The fourth-order valence-corrected chi connectivity index (χ4v) is 4.88. The highest BCUT2D eigenvalue weighted by molar-refractivity contribution is 7.99. The Hall–Kier alpha value is -1.91. The lowest BCUT2D eigenvalue weighted by atomic mass is 9.97. The number of hydrogen-bond donors (Lipinski definition) is 0. The minimum atomic E-state index is 0.800. The highest BCUT2D eigenvalue weighted by atomic mass is 32.2. The highest BCUT2D eigenvalue weighted by Gasteiger charge is 2.19. The van der Waals surface area contributed by atoms with E-state index in [0.29, 0.717) is 0 Å². The molecule has 1 fully saturated rings.